The largest absolute Gasteiger partial charge is 0.466 e. The first-order valence-corrected chi connectivity index (χ1v) is 15.7. The van der Waals surface area contributed by atoms with Gasteiger partial charge in [-0.3, -0.25) is 19.2 Å². The highest BCUT2D eigenvalue weighted by atomic mass is 32.2. The number of rotatable bonds is 11. The molecule has 222 valence electrons. The van der Waals surface area contributed by atoms with Crippen molar-refractivity contribution in [1.29, 1.82) is 0 Å². The zero-order chi connectivity index (χ0) is 30.1. The van der Waals surface area contributed by atoms with Crippen molar-refractivity contribution in [2.45, 2.75) is 50.4 Å². The lowest BCUT2D eigenvalue weighted by Crippen LogP contribution is -2.52. The van der Waals surface area contributed by atoms with Crippen LogP contribution in [0.3, 0.4) is 0 Å². The van der Waals surface area contributed by atoms with Crippen molar-refractivity contribution < 1.29 is 14.3 Å². The van der Waals surface area contributed by atoms with E-state index >= 15 is 0 Å². The fourth-order valence-electron chi connectivity index (χ4n) is 6.00. The Labute approximate surface area is 257 Å². The van der Waals surface area contributed by atoms with E-state index in [1.165, 1.54) is 28.5 Å². The number of aryl methyl sites for hydroxylation is 1. The summed E-state index contributed by atoms with van der Waals surface area (Å²) in [6.07, 6.45) is 5.79. The molecule has 8 heteroatoms. The molecule has 1 saturated heterocycles. The Bertz CT molecular complexity index is 1430. The van der Waals surface area contributed by atoms with Crippen molar-refractivity contribution in [2.75, 3.05) is 19.7 Å². The number of hydrogen-bond donors (Lipinski definition) is 0. The van der Waals surface area contributed by atoms with E-state index in [4.69, 9.17) is 4.74 Å². The summed E-state index contributed by atoms with van der Waals surface area (Å²) in [7, 11) is 0. The normalized spacial score (nSPS) is 16.7. The molecule has 0 saturated carbocycles. The van der Waals surface area contributed by atoms with Crippen LogP contribution in [0.25, 0.3) is 6.08 Å². The minimum Gasteiger partial charge on any atom is -0.466 e. The Balaban J connectivity index is 1.52. The van der Waals surface area contributed by atoms with Crippen LogP contribution in [0.4, 0.5) is 0 Å². The predicted molar refractivity (Wildman–Crippen MR) is 171 cm³/mol. The molecule has 4 aromatic rings. The second-order valence-electron chi connectivity index (χ2n) is 10.7. The van der Waals surface area contributed by atoms with Gasteiger partial charge in [0.15, 0.2) is 5.12 Å². The highest BCUT2D eigenvalue weighted by Crippen LogP contribution is 2.45. The minimum absolute atomic E-state index is 0.0442. The number of carbonyl (C=O) groups is 2. The molecule has 0 bridgehead atoms. The summed E-state index contributed by atoms with van der Waals surface area (Å²) in [5.74, 6) is -0.199. The Morgan fingerprint density at radius 3 is 2.07 bits per heavy atom. The summed E-state index contributed by atoms with van der Waals surface area (Å²) in [4.78, 5) is 26.6. The number of nitrogens with zero attached hydrogens (tertiary/aromatic N) is 4. The van der Waals surface area contributed by atoms with Crippen LogP contribution >= 0.6 is 11.8 Å². The number of carbonyl (C=O) groups excluding carboxylic acids is 2. The molecule has 5 rings (SSSR count). The van der Waals surface area contributed by atoms with Gasteiger partial charge in [0.1, 0.15) is 5.69 Å². The van der Waals surface area contributed by atoms with Gasteiger partial charge in [0.2, 0.25) is 0 Å². The quantitative estimate of drug-likeness (QED) is 0.148. The first-order chi connectivity index (χ1) is 21.0. The number of aromatic nitrogens is 3. The maximum Gasteiger partial charge on any atom is 0.305 e. The average Bonchev–Trinajstić information content (AvgIpc) is 3.47. The number of likely N-dealkylation sites (tertiary alicyclic amines) is 1. The summed E-state index contributed by atoms with van der Waals surface area (Å²) >= 11 is 1.39. The average molecular weight is 595 g/mol. The molecule has 1 fully saturated rings. The van der Waals surface area contributed by atoms with E-state index in [0.717, 1.165) is 24.2 Å². The Morgan fingerprint density at radius 1 is 0.953 bits per heavy atom. The third-order valence-electron chi connectivity index (χ3n) is 7.77. The van der Waals surface area contributed by atoms with Gasteiger partial charge in [-0.15, -0.1) is 5.10 Å². The molecule has 0 aliphatic carbocycles. The number of hydrogen-bond acceptors (Lipinski definition) is 7. The lowest BCUT2D eigenvalue weighted by Gasteiger charge is -2.49. The Hall–Kier alpha value is -4.01. The first kappa shape index (κ1) is 30.4. The monoisotopic (exact) mass is 594 g/mol. The molecule has 3 aromatic carbocycles. The van der Waals surface area contributed by atoms with E-state index in [2.05, 4.69) is 112 Å². The molecule has 0 radical (unpaired) electrons. The molecule has 0 amide bonds. The van der Waals surface area contributed by atoms with E-state index in [1.807, 2.05) is 13.1 Å². The smallest absolute Gasteiger partial charge is 0.305 e. The topological polar surface area (TPSA) is 77.3 Å². The second-order valence-corrected chi connectivity index (χ2v) is 12.0. The highest BCUT2D eigenvalue weighted by molar-refractivity contribution is 8.14. The van der Waals surface area contributed by atoms with Crippen molar-refractivity contribution in [2.24, 2.45) is 0 Å². The number of piperidine rings is 1. The molecule has 1 aliphatic rings. The first-order valence-electron chi connectivity index (χ1n) is 14.9. The molecule has 43 heavy (non-hydrogen) atoms. The van der Waals surface area contributed by atoms with Crippen molar-refractivity contribution in [3.8, 4) is 0 Å². The number of thioether (sulfide) groups is 1. The van der Waals surface area contributed by atoms with Crippen LogP contribution in [0.1, 0.15) is 55.5 Å². The highest BCUT2D eigenvalue weighted by Gasteiger charge is 2.44. The van der Waals surface area contributed by atoms with E-state index in [-0.39, 0.29) is 16.3 Å². The van der Waals surface area contributed by atoms with Crippen molar-refractivity contribution in [3.63, 3.8) is 0 Å². The third-order valence-corrected chi connectivity index (χ3v) is 8.92. The molecule has 1 unspecified atom stereocenters. The summed E-state index contributed by atoms with van der Waals surface area (Å²) in [6, 6.07) is 32.0. The van der Waals surface area contributed by atoms with Gasteiger partial charge in [-0.05, 0) is 48.1 Å². The maximum atomic E-state index is 12.3. The standard InChI is InChI=1S/C35H38N4O3S/c1-3-42-34(41)20-13-22-39-26-32(36-37-39)24-28-25-38(23-21-33(28)43-27(2)40)35(29-14-7-4-8-15-29,30-16-9-5-10-17-30)31-18-11-6-12-19-31/h4-12,14-19,24,26,33H,3,13,20-23,25H2,1-2H3/b28-24-. The van der Waals surface area contributed by atoms with Crippen LogP contribution in [0.15, 0.2) is 103 Å². The summed E-state index contributed by atoms with van der Waals surface area (Å²) in [5, 5.41) is 8.88. The molecule has 1 aliphatic heterocycles. The minimum atomic E-state index is -0.542. The zero-order valence-electron chi connectivity index (χ0n) is 24.8. The zero-order valence-corrected chi connectivity index (χ0v) is 25.6. The fraction of sp³-hybridized carbons (Fsp3) is 0.314. The van der Waals surface area contributed by atoms with Crippen molar-refractivity contribution >= 4 is 28.9 Å². The molecule has 0 spiro atoms. The van der Waals surface area contributed by atoms with Gasteiger partial charge < -0.3 is 4.74 Å². The summed E-state index contributed by atoms with van der Waals surface area (Å²) in [6.45, 7) is 5.86. The van der Waals surface area contributed by atoms with E-state index in [0.29, 0.717) is 32.5 Å². The maximum absolute atomic E-state index is 12.3. The van der Waals surface area contributed by atoms with Gasteiger partial charge in [-0.2, -0.15) is 0 Å². The van der Waals surface area contributed by atoms with Crippen LogP contribution in [-0.4, -0.2) is 55.9 Å². The van der Waals surface area contributed by atoms with E-state index in [1.54, 1.807) is 11.6 Å². The Kier molecular flexibility index (Phi) is 10.2. The summed E-state index contributed by atoms with van der Waals surface area (Å²) < 4.78 is 6.80. The van der Waals surface area contributed by atoms with Gasteiger partial charge in [-0.25, -0.2) is 0 Å². The van der Waals surface area contributed by atoms with E-state index in [9.17, 15) is 9.59 Å². The summed E-state index contributed by atoms with van der Waals surface area (Å²) in [5.41, 5.74) is 4.91. The molecule has 1 aromatic heterocycles. The molecule has 2 heterocycles. The molecular formula is C35H38N4O3S. The molecule has 0 N–H and O–H groups in total. The van der Waals surface area contributed by atoms with Gasteiger partial charge in [0.05, 0.1) is 18.3 Å². The van der Waals surface area contributed by atoms with Crippen molar-refractivity contribution in [1.82, 2.24) is 19.9 Å². The SMILES string of the molecule is CCOC(=O)CCCn1cc(/C=C2/CN(C(c3ccccc3)(c3ccccc3)c3ccccc3)CCC2SC(C)=O)nn1. The second kappa shape index (κ2) is 14.4. The van der Waals surface area contributed by atoms with Crippen LogP contribution in [0.2, 0.25) is 0 Å². The van der Waals surface area contributed by atoms with Crippen LogP contribution in [0, 0.1) is 0 Å². The van der Waals surface area contributed by atoms with E-state index < -0.39 is 5.54 Å². The van der Waals surface area contributed by atoms with Gasteiger partial charge in [0.25, 0.3) is 0 Å². The van der Waals surface area contributed by atoms with Gasteiger partial charge in [-0.1, -0.05) is 108 Å². The molecule has 1 atom stereocenters. The lowest BCUT2D eigenvalue weighted by molar-refractivity contribution is -0.143. The van der Waals surface area contributed by atoms with Gasteiger partial charge in [0, 0.05) is 38.2 Å². The number of esters is 1. The van der Waals surface area contributed by atoms with Crippen LogP contribution < -0.4 is 0 Å². The van der Waals surface area contributed by atoms with Crippen molar-refractivity contribution in [3.05, 3.63) is 125 Å². The van der Waals surface area contributed by atoms with Crippen LogP contribution in [-0.2, 0) is 26.4 Å². The molecular weight excluding hydrogens is 556 g/mol. The predicted octanol–water partition coefficient (Wildman–Crippen LogP) is 6.35. The third kappa shape index (κ3) is 7.14. The van der Waals surface area contributed by atoms with Crippen LogP contribution in [0.5, 0.6) is 0 Å². The fourth-order valence-corrected chi connectivity index (χ4v) is 6.92. The number of benzene rings is 3. The van der Waals surface area contributed by atoms with Gasteiger partial charge >= 0.3 is 5.97 Å². The lowest BCUT2D eigenvalue weighted by atomic mass is 9.74. The molecule has 7 nitrogen and oxygen atoms in total. The Morgan fingerprint density at radius 2 is 1.53 bits per heavy atom. The number of ether oxygens (including phenoxy) is 1.